The molecule has 1 aliphatic rings. The van der Waals surface area contributed by atoms with Crippen LogP contribution in [0.1, 0.15) is 32.8 Å². The van der Waals surface area contributed by atoms with E-state index in [1.54, 1.807) is 6.07 Å². The third-order valence-electron chi connectivity index (χ3n) is 5.56. The number of hydrogen-bond donors (Lipinski definition) is 0. The topological polar surface area (TPSA) is 76.4 Å². The van der Waals surface area contributed by atoms with Crippen molar-refractivity contribution >= 4 is 11.8 Å². The maximum absolute atomic E-state index is 12.7. The van der Waals surface area contributed by atoms with Crippen LogP contribution < -0.4 is 4.74 Å². The van der Waals surface area contributed by atoms with Crippen molar-refractivity contribution in [3.8, 4) is 17.6 Å². The van der Waals surface area contributed by atoms with E-state index in [4.69, 9.17) is 9.47 Å². The molecule has 0 bridgehead atoms. The molecule has 3 rings (SSSR count). The van der Waals surface area contributed by atoms with Gasteiger partial charge in [0.25, 0.3) is 0 Å². The quantitative estimate of drug-likeness (QED) is 0.656. The zero-order chi connectivity index (χ0) is 20.4. The molecule has 5 nitrogen and oxygen atoms in total. The van der Waals surface area contributed by atoms with Gasteiger partial charge in [0.2, 0.25) is 0 Å². The van der Waals surface area contributed by atoms with E-state index in [9.17, 15) is 14.9 Å². The Morgan fingerprint density at radius 2 is 1.75 bits per heavy atom. The van der Waals surface area contributed by atoms with Gasteiger partial charge >= 0.3 is 5.97 Å². The fourth-order valence-corrected chi connectivity index (χ4v) is 3.83. The van der Waals surface area contributed by atoms with Crippen molar-refractivity contribution in [3.63, 3.8) is 0 Å². The van der Waals surface area contributed by atoms with Gasteiger partial charge in [0.15, 0.2) is 5.41 Å². The lowest BCUT2D eigenvalue weighted by Gasteiger charge is -2.12. The Hall–Kier alpha value is -3.13. The highest BCUT2D eigenvalue weighted by Crippen LogP contribution is 2.70. The summed E-state index contributed by atoms with van der Waals surface area (Å²) in [5, 5.41) is 9.67. The van der Waals surface area contributed by atoms with E-state index in [0.29, 0.717) is 11.5 Å². The summed E-state index contributed by atoms with van der Waals surface area (Å²) < 4.78 is 11.3. The molecule has 0 amide bonds. The molecule has 1 saturated carbocycles. The molecule has 2 aromatic carbocycles. The van der Waals surface area contributed by atoms with E-state index >= 15 is 0 Å². The van der Waals surface area contributed by atoms with E-state index < -0.39 is 16.8 Å². The van der Waals surface area contributed by atoms with Gasteiger partial charge in [-0.1, -0.05) is 44.2 Å². The van der Waals surface area contributed by atoms with E-state index in [0.717, 1.165) is 5.56 Å². The Balaban J connectivity index is 1.67. The molecular formula is C23H23NO4. The van der Waals surface area contributed by atoms with Crippen molar-refractivity contribution in [2.75, 3.05) is 0 Å². The van der Waals surface area contributed by atoms with Gasteiger partial charge in [-0.3, -0.25) is 4.79 Å². The maximum atomic E-state index is 12.7. The molecule has 0 radical (unpaired) electrons. The first-order valence-electron chi connectivity index (χ1n) is 9.21. The van der Waals surface area contributed by atoms with Crippen molar-refractivity contribution in [2.24, 2.45) is 16.7 Å². The van der Waals surface area contributed by atoms with Gasteiger partial charge in [0, 0.05) is 12.3 Å². The molecule has 0 heterocycles. The minimum absolute atomic E-state index is 0.0336. The summed E-state index contributed by atoms with van der Waals surface area (Å²) in [5.74, 6) is 0.431. The van der Waals surface area contributed by atoms with Gasteiger partial charge in [0.05, 0.1) is 6.07 Å². The molecule has 2 atom stereocenters. The molecule has 2 aromatic rings. The second-order valence-electron chi connectivity index (χ2n) is 7.74. The number of rotatable bonds is 7. The van der Waals surface area contributed by atoms with Gasteiger partial charge in [-0.2, -0.15) is 5.26 Å². The lowest BCUT2D eigenvalue weighted by atomic mass is 9.98. The summed E-state index contributed by atoms with van der Waals surface area (Å²) >= 11 is 0. The van der Waals surface area contributed by atoms with Gasteiger partial charge < -0.3 is 14.3 Å². The van der Waals surface area contributed by atoms with Crippen molar-refractivity contribution in [1.29, 1.82) is 5.26 Å². The summed E-state index contributed by atoms with van der Waals surface area (Å²) in [7, 11) is 0. The Morgan fingerprint density at radius 1 is 1.07 bits per heavy atom. The second-order valence-corrected chi connectivity index (χ2v) is 7.74. The predicted octanol–water partition coefficient (Wildman–Crippen LogP) is 4.67. The van der Waals surface area contributed by atoms with Gasteiger partial charge in [-0.05, 0) is 42.2 Å². The fourth-order valence-electron chi connectivity index (χ4n) is 3.83. The number of benzene rings is 2. The minimum atomic E-state index is -1.27. The number of esters is 1. The standard InChI is InChI=1S/C23H23NO4/c1-16(25)12-20-22(2,3)23(20,15-24)21(26)27-14-17-8-7-11-19(13-17)28-18-9-5-4-6-10-18/h4-11,13,20H,12,14H2,1-3H3/t20?,23-/m1/s1. The number of hydrogen-bond acceptors (Lipinski definition) is 5. The molecule has 0 aromatic heterocycles. The van der Waals surface area contributed by atoms with Crippen LogP contribution in [0.25, 0.3) is 0 Å². The van der Waals surface area contributed by atoms with Crippen LogP contribution in [0.3, 0.4) is 0 Å². The minimum Gasteiger partial charge on any atom is -0.460 e. The van der Waals surface area contributed by atoms with Crippen LogP contribution in [0, 0.1) is 28.1 Å². The number of carbonyl (C=O) groups is 2. The predicted molar refractivity (Wildman–Crippen MR) is 103 cm³/mol. The Morgan fingerprint density at radius 3 is 2.39 bits per heavy atom. The van der Waals surface area contributed by atoms with Crippen molar-refractivity contribution in [1.82, 2.24) is 0 Å². The fraction of sp³-hybridized carbons (Fsp3) is 0.348. The highest BCUT2D eigenvalue weighted by atomic mass is 16.5. The third-order valence-corrected chi connectivity index (χ3v) is 5.56. The monoisotopic (exact) mass is 377 g/mol. The summed E-state index contributed by atoms with van der Waals surface area (Å²) in [6, 6.07) is 18.8. The van der Waals surface area contributed by atoms with Gasteiger partial charge in [-0.25, -0.2) is 0 Å². The molecule has 144 valence electrons. The largest absolute Gasteiger partial charge is 0.460 e. The molecule has 1 unspecified atom stereocenters. The van der Waals surface area contributed by atoms with E-state index in [-0.39, 0.29) is 24.7 Å². The van der Waals surface area contributed by atoms with Crippen LogP contribution in [-0.4, -0.2) is 11.8 Å². The van der Waals surface area contributed by atoms with Gasteiger partial charge in [0.1, 0.15) is 23.9 Å². The Labute approximate surface area is 164 Å². The lowest BCUT2D eigenvalue weighted by molar-refractivity contribution is -0.150. The highest BCUT2D eigenvalue weighted by molar-refractivity contribution is 5.88. The van der Waals surface area contributed by atoms with Crippen LogP contribution >= 0.6 is 0 Å². The van der Waals surface area contributed by atoms with E-state index in [1.165, 1.54) is 6.92 Å². The zero-order valence-corrected chi connectivity index (χ0v) is 16.3. The number of ether oxygens (including phenoxy) is 2. The zero-order valence-electron chi connectivity index (χ0n) is 16.3. The van der Waals surface area contributed by atoms with Gasteiger partial charge in [-0.15, -0.1) is 0 Å². The third kappa shape index (κ3) is 3.50. The average Bonchev–Trinajstić information content (AvgIpc) is 3.14. The SMILES string of the molecule is CC(=O)CC1C(C)(C)[C@@]1(C#N)C(=O)OCc1cccc(Oc2ccccc2)c1. The molecule has 0 saturated heterocycles. The first kappa shape index (κ1) is 19.6. The first-order valence-corrected chi connectivity index (χ1v) is 9.21. The molecule has 0 spiro atoms. The first-order chi connectivity index (χ1) is 13.3. The smallest absolute Gasteiger partial charge is 0.327 e. The summed E-state index contributed by atoms with van der Waals surface area (Å²) in [5.41, 5.74) is -1.09. The Bertz CT molecular complexity index is 929. The van der Waals surface area contributed by atoms with Crippen molar-refractivity contribution in [2.45, 2.75) is 33.8 Å². The number of carbonyl (C=O) groups excluding carboxylic acids is 2. The summed E-state index contributed by atoms with van der Waals surface area (Å²) in [4.78, 5) is 24.2. The number of nitriles is 1. The number of nitrogens with zero attached hydrogens (tertiary/aromatic N) is 1. The number of para-hydroxylation sites is 1. The summed E-state index contributed by atoms with van der Waals surface area (Å²) in [6.45, 7) is 5.18. The summed E-state index contributed by atoms with van der Waals surface area (Å²) in [6.07, 6.45) is 0.204. The van der Waals surface area contributed by atoms with Crippen LogP contribution in [0.4, 0.5) is 0 Å². The molecule has 1 fully saturated rings. The molecule has 28 heavy (non-hydrogen) atoms. The van der Waals surface area contributed by atoms with Crippen LogP contribution in [0.15, 0.2) is 54.6 Å². The van der Waals surface area contributed by atoms with Crippen LogP contribution in [-0.2, 0) is 20.9 Å². The molecular weight excluding hydrogens is 354 g/mol. The number of Topliss-reactive ketones (excluding diaryl/α,β-unsaturated/α-hetero) is 1. The van der Waals surface area contributed by atoms with E-state index in [1.807, 2.05) is 62.4 Å². The van der Waals surface area contributed by atoms with Crippen LogP contribution in [0.5, 0.6) is 11.5 Å². The van der Waals surface area contributed by atoms with Crippen molar-refractivity contribution < 1.29 is 19.1 Å². The average molecular weight is 377 g/mol. The molecule has 0 aliphatic heterocycles. The maximum Gasteiger partial charge on any atom is 0.327 e. The second kappa shape index (κ2) is 7.47. The van der Waals surface area contributed by atoms with E-state index in [2.05, 4.69) is 6.07 Å². The highest BCUT2D eigenvalue weighted by Gasteiger charge is 2.77. The molecule has 5 heteroatoms. The lowest BCUT2D eigenvalue weighted by Crippen LogP contribution is -2.23. The normalized spacial score (nSPS) is 22.0. The Kier molecular flexibility index (Phi) is 5.24. The molecule has 1 aliphatic carbocycles. The van der Waals surface area contributed by atoms with Crippen LogP contribution in [0.2, 0.25) is 0 Å². The van der Waals surface area contributed by atoms with Crippen molar-refractivity contribution in [3.05, 3.63) is 60.2 Å². The molecule has 0 N–H and O–H groups in total. The number of ketones is 1.